The fraction of sp³-hybridized carbons (Fsp3) is 0.259. The van der Waals surface area contributed by atoms with Crippen molar-refractivity contribution < 1.29 is 49.0 Å². The Morgan fingerprint density at radius 1 is 0.541 bits per heavy atom. The average Bonchev–Trinajstić information content (AvgIpc) is 3.40. The maximum atomic E-state index is 11.9. The Morgan fingerprint density at radius 3 is 1.19 bits per heavy atom. The number of aromatic nitrogens is 2. The Kier molecular flexibility index (Phi) is 18.2. The molecule has 0 radical (unpaired) electrons. The zero-order valence-electron chi connectivity index (χ0n) is 40.4. The second-order valence-corrected chi connectivity index (χ2v) is 18.2. The summed E-state index contributed by atoms with van der Waals surface area (Å²) < 4.78 is 24.6. The van der Waals surface area contributed by atoms with E-state index in [2.05, 4.69) is 20.6 Å². The lowest BCUT2D eigenvalue weighted by Gasteiger charge is -2.24. The minimum Gasteiger partial charge on any atom is -0.480 e. The van der Waals surface area contributed by atoms with Gasteiger partial charge in [-0.1, -0.05) is 59.6 Å². The molecule has 6 aromatic rings. The number of nitrogens with one attached hydrogen (secondary N) is 2. The summed E-state index contributed by atoms with van der Waals surface area (Å²) in [5.74, 6) is -2.51. The Balaban J connectivity index is 1.24. The first-order valence-corrected chi connectivity index (χ1v) is 23.3. The molecule has 2 atom stereocenters. The molecular weight excluding hydrogens is 992 g/mol. The summed E-state index contributed by atoms with van der Waals surface area (Å²) in [5, 5.41) is 83.0. The number of rotatable bonds is 23. The van der Waals surface area contributed by atoms with Gasteiger partial charge in [-0.3, -0.25) is 20.2 Å². The van der Waals surface area contributed by atoms with Gasteiger partial charge in [0.25, 0.3) is 0 Å². The van der Waals surface area contributed by atoms with Crippen LogP contribution in [0.1, 0.15) is 80.6 Å². The maximum Gasteiger partial charge on any atom is 0.326 e. The van der Waals surface area contributed by atoms with Gasteiger partial charge in [0.1, 0.15) is 47.6 Å². The normalized spacial score (nSPS) is 12.4. The van der Waals surface area contributed by atoms with Crippen LogP contribution in [-0.2, 0) is 49.1 Å². The highest BCUT2D eigenvalue weighted by molar-refractivity contribution is 6.32. The van der Waals surface area contributed by atoms with Crippen LogP contribution in [0.5, 0.6) is 23.5 Å². The van der Waals surface area contributed by atoms with Gasteiger partial charge in [0.15, 0.2) is 0 Å². The molecule has 2 heterocycles. The number of benzene rings is 4. The molecule has 378 valence electrons. The topological polar surface area (TPSA) is 297 Å². The lowest BCUT2D eigenvalue weighted by molar-refractivity contribution is -0.146. The molecule has 0 aliphatic carbocycles. The molecule has 0 bridgehead atoms. The SMILES string of the molecule is Cc1c(COc2nc(OCc3cc(C#N)cc(C#N)c3)c(CNC(C)(CO)C(=O)O)cc2Cl)cccc1-c1cccc(COc2nc(OCc3cc(C#N)cc(C#N)c3)c(CN[C@](C)(CO)C(=O)O)cc2Cl)c1C. The van der Waals surface area contributed by atoms with Crippen molar-refractivity contribution in [2.24, 2.45) is 0 Å². The lowest BCUT2D eigenvalue weighted by atomic mass is 9.92. The van der Waals surface area contributed by atoms with Crippen molar-refractivity contribution in [3.05, 3.63) is 162 Å². The van der Waals surface area contributed by atoms with Crippen LogP contribution in [0.2, 0.25) is 10.0 Å². The number of ether oxygens (including phenoxy) is 4. The van der Waals surface area contributed by atoms with E-state index in [4.69, 9.17) is 42.1 Å². The number of halogens is 2. The maximum absolute atomic E-state index is 11.9. The summed E-state index contributed by atoms with van der Waals surface area (Å²) in [7, 11) is 0. The first-order chi connectivity index (χ1) is 35.4. The summed E-state index contributed by atoms with van der Waals surface area (Å²) in [4.78, 5) is 33.0. The Hall–Kier alpha value is -8.30. The third-order valence-electron chi connectivity index (χ3n) is 12.0. The number of hydrogen-bond acceptors (Lipinski definition) is 16. The molecule has 0 aliphatic heterocycles. The zero-order valence-corrected chi connectivity index (χ0v) is 41.9. The van der Waals surface area contributed by atoms with Crippen molar-refractivity contribution >= 4 is 35.1 Å². The van der Waals surface area contributed by atoms with Gasteiger partial charge in [0.05, 0.1) is 59.7 Å². The first-order valence-electron chi connectivity index (χ1n) is 22.5. The largest absolute Gasteiger partial charge is 0.480 e. The molecule has 74 heavy (non-hydrogen) atoms. The molecule has 20 heteroatoms. The Morgan fingerprint density at radius 2 is 0.878 bits per heavy atom. The van der Waals surface area contributed by atoms with Crippen LogP contribution in [0.4, 0.5) is 0 Å². The van der Waals surface area contributed by atoms with Crippen molar-refractivity contribution in [1.82, 2.24) is 20.6 Å². The highest BCUT2D eigenvalue weighted by Crippen LogP contribution is 2.35. The van der Waals surface area contributed by atoms with Crippen LogP contribution in [0.25, 0.3) is 11.1 Å². The minimum atomic E-state index is -1.71. The van der Waals surface area contributed by atoms with E-state index in [-0.39, 0.29) is 95.3 Å². The van der Waals surface area contributed by atoms with Gasteiger partial charge in [0.2, 0.25) is 23.5 Å². The number of aliphatic carboxylic acids is 2. The van der Waals surface area contributed by atoms with E-state index in [0.717, 1.165) is 33.4 Å². The molecule has 18 nitrogen and oxygen atoms in total. The number of carboxylic acids is 2. The standard InChI is InChI=1S/C54H48Cl2N8O10/c1-31-39(27-73-49-45(55)17-41(23-61-53(3,29-65)51(67)68)47(63-49)71-25-37-13-33(19-57)11-34(14-37)20-58)7-5-9-43(31)44-10-6-8-40(32(44)2)28-74-50-46(56)18-42(24-62-54(4,30-66)52(69)70)48(64-50)72-26-38-15-35(21-59)12-36(16-38)22-60/h5-18,61-62,65-66H,23-30H2,1-4H3,(H,67,68)(H,69,70)/t53-,54?/m1/s1. The lowest BCUT2D eigenvalue weighted by Crippen LogP contribution is -2.52. The monoisotopic (exact) mass is 1040 g/mol. The number of aliphatic hydroxyl groups excluding tert-OH is 2. The van der Waals surface area contributed by atoms with E-state index in [1.807, 2.05) is 74.5 Å². The summed E-state index contributed by atoms with van der Waals surface area (Å²) >= 11 is 13.5. The van der Waals surface area contributed by atoms with Crippen molar-refractivity contribution in [3.8, 4) is 58.9 Å². The molecule has 6 rings (SSSR count). The van der Waals surface area contributed by atoms with E-state index >= 15 is 0 Å². The predicted octanol–water partition coefficient (Wildman–Crippen LogP) is 7.72. The first kappa shape index (κ1) is 55.0. The molecule has 4 aromatic carbocycles. The van der Waals surface area contributed by atoms with Gasteiger partial charge in [-0.25, -0.2) is 0 Å². The van der Waals surface area contributed by atoms with Gasteiger partial charge in [-0.05, 0) is 121 Å². The molecule has 6 N–H and O–H groups in total. The molecular formula is C54H48Cl2N8O10. The quantitative estimate of drug-likeness (QED) is 0.0358. The van der Waals surface area contributed by atoms with Crippen LogP contribution in [-0.4, -0.2) is 66.6 Å². The highest BCUT2D eigenvalue weighted by atomic mass is 35.5. The van der Waals surface area contributed by atoms with E-state index in [0.29, 0.717) is 22.3 Å². The fourth-order valence-electron chi connectivity index (χ4n) is 7.34. The van der Waals surface area contributed by atoms with Gasteiger partial charge in [0, 0.05) is 24.2 Å². The van der Waals surface area contributed by atoms with Crippen LogP contribution in [0.3, 0.4) is 0 Å². The summed E-state index contributed by atoms with van der Waals surface area (Å²) in [6.45, 7) is 4.63. The molecule has 0 fully saturated rings. The molecule has 0 spiro atoms. The average molecular weight is 1040 g/mol. The number of carbonyl (C=O) groups is 2. The van der Waals surface area contributed by atoms with Gasteiger partial charge in [-0.15, -0.1) is 0 Å². The zero-order chi connectivity index (χ0) is 53.7. The number of aliphatic hydroxyl groups is 2. The van der Waals surface area contributed by atoms with Crippen LogP contribution >= 0.6 is 23.2 Å². The smallest absolute Gasteiger partial charge is 0.326 e. The number of pyridine rings is 2. The van der Waals surface area contributed by atoms with Crippen LogP contribution in [0.15, 0.2) is 84.9 Å². The molecule has 1 unspecified atom stereocenters. The Labute approximate surface area is 436 Å². The Bertz CT molecular complexity index is 3010. The molecule has 2 aromatic heterocycles. The van der Waals surface area contributed by atoms with E-state index < -0.39 is 36.2 Å². The number of hydrogen-bond donors (Lipinski definition) is 6. The van der Waals surface area contributed by atoms with E-state index in [9.17, 15) is 51.1 Å². The van der Waals surface area contributed by atoms with Crippen molar-refractivity contribution in [2.45, 2.75) is 78.3 Å². The molecule has 0 aliphatic rings. The molecule has 0 saturated carbocycles. The molecule has 0 saturated heterocycles. The highest BCUT2D eigenvalue weighted by Gasteiger charge is 2.33. The van der Waals surface area contributed by atoms with Crippen molar-refractivity contribution in [2.75, 3.05) is 13.2 Å². The molecule has 0 amide bonds. The van der Waals surface area contributed by atoms with Crippen LogP contribution < -0.4 is 29.6 Å². The van der Waals surface area contributed by atoms with Gasteiger partial charge >= 0.3 is 11.9 Å². The second kappa shape index (κ2) is 24.4. The number of carboxylic acid groups (broad SMARTS) is 2. The second-order valence-electron chi connectivity index (χ2n) is 17.4. The third kappa shape index (κ3) is 13.2. The van der Waals surface area contributed by atoms with Gasteiger partial charge < -0.3 is 39.4 Å². The minimum absolute atomic E-state index is 0.00699. The number of nitrogens with zero attached hydrogens (tertiary/aromatic N) is 6. The van der Waals surface area contributed by atoms with Crippen LogP contribution in [0, 0.1) is 59.2 Å². The van der Waals surface area contributed by atoms with Crippen molar-refractivity contribution in [3.63, 3.8) is 0 Å². The van der Waals surface area contributed by atoms with Gasteiger partial charge in [-0.2, -0.15) is 31.0 Å². The van der Waals surface area contributed by atoms with Crippen molar-refractivity contribution in [1.29, 1.82) is 21.0 Å². The van der Waals surface area contributed by atoms with E-state index in [1.165, 1.54) is 38.1 Å². The third-order valence-corrected chi connectivity index (χ3v) is 12.6. The number of nitriles is 4. The predicted molar refractivity (Wildman–Crippen MR) is 269 cm³/mol. The summed E-state index contributed by atoms with van der Waals surface area (Å²) in [6.07, 6.45) is 0. The summed E-state index contributed by atoms with van der Waals surface area (Å²) in [5.41, 5.74) is 4.40. The fourth-order valence-corrected chi connectivity index (χ4v) is 7.80. The van der Waals surface area contributed by atoms with E-state index in [1.54, 1.807) is 24.3 Å². The summed E-state index contributed by atoms with van der Waals surface area (Å²) in [6, 6.07) is 31.7.